The number of nitrogens with two attached hydrogens (primary N) is 5. The molecule has 1 aromatic rings. The van der Waals surface area contributed by atoms with Crippen LogP contribution in [0.2, 0.25) is 0 Å². The van der Waals surface area contributed by atoms with Crippen molar-refractivity contribution in [3.8, 4) is 0 Å². The van der Waals surface area contributed by atoms with Crippen molar-refractivity contribution in [3.05, 3.63) is 35.9 Å². The third-order valence-corrected chi connectivity index (χ3v) is 29.0. The standard InChI is InChI=1S/C82H137N31O19S6/c1-8-42(6)61-77(131)110-57-39-138-134-35-53(108-69(123)51(31-44-18-10-9-11-19-44)98-58(115)32-96-64(118)46(22-15-27-93-80(86)87)103-78(132)62(43(7)114)113-75(57)129)70(124)100-47(20-12-13-25-83)66(120)105-54-36-135-137-38-56(74(128)112-61)106-67(121)49(24-17-29-95-82(90)91)102-72(126)55-37-136-133-34-52(107-68(122)50(30-40(2)3)104-73(54)127)71(125)101-48(23-16-28-94-81(88)89)65(119)99-45(21-14-26-92-79(84)85)63(117)97-33-59(116)111-60(41(4)5)76(130)109-55/h9-11,18-19,40-43,45-57,60-62,114H,8,12-17,20-39,83H2,1-7H3,(H,96,118)(H,97,117)(H,98,115)(H,99,119)(H,100,124)(H,101,125)(H,102,126)(H,103,132)(H,104,127)(H,105,120)(H,106,121)(H,107,122)(H,108,123)(H,109,130)(H,110,131)(H,111,116)(H,112,128)(H,113,129)(H4,84,85,92)(H4,86,87,93)(H4,88,89,94)(H4,90,91,95)/t42-,43+,45-,46-,47-,48-,49-,50-,51-,52-,53-,54-,55-,56-,57-,60-,61-,62-/m0/s1. The molecular weight excluding hydrogens is 1920 g/mol. The van der Waals surface area contributed by atoms with E-state index in [0.29, 0.717) is 5.56 Å². The number of hydrogen-bond donors (Lipinski definition) is 32. The van der Waals surface area contributed by atoms with E-state index in [1.54, 1.807) is 71.9 Å². The maximum atomic E-state index is 15.7. The molecule has 37 N–H and O–H groups in total. The van der Waals surface area contributed by atoms with Crippen molar-refractivity contribution in [1.29, 1.82) is 21.6 Å². The number of rotatable bonds is 28. The van der Waals surface area contributed by atoms with Gasteiger partial charge in [0.1, 0.15) is 96.7 Å². The minimum absolute atomic E-state index is 0.00570. The maximum Gasteiger partial charge on any atom is 0.245 e. The van der Waals surface area contributed by atoms with E-state index in [1.807, 2.05) is 0 Å². The van der Waals surface area contributed by atoms with Crippen molar-refractivity contribution in [2.75, 3.05) is 80.3 Å². The van der Waals surface area contributed by atoms with Crippen LogP contribution in [-0.2, 0) is 92.7 Å². The summed E-state index contributed by atoms with van der Waals surface area (Å²) in [5, 5.41) is 100. The zero-order valence-electron chi connectivity index (χ0n) is 78.2. The Balaban J connectivity index is 1.85. The van der Waals surface area contributed by atoms with E-state index in [0.717, 1.165) is 71.7 Å². The topological polar surface area (TPSA) is 818 Å². The fraction of sp³-hybridized carbons (Fsp3) is 0.659. The highest BCUT2D eigenvalue weighted by molar-refractivity contribution is 8.77. The van der Waals surface area contributed by atoms with E-state index in [4.69, 9.17) is 50.3 Å². The van der Waals surface area contributed by atoms with Crippen LogP contribution in [0.15, 0.2) is 30.3 Å². The first-order chi connectivity index (χ1) is 65.5. The Morgan fingerprint density at radius 2 is 0.638 bits per heavy atom. The Bertz CT molecular complexity index is 4370. The molecule has 1 aromatic carbocycles. The van der Waals surface area contributed by atoms with Crippen molar-refractivity contribution in [2.45, 2.75) is 241 Å². The van der Waals surface area contributed by atoms with E-state index >= 15 is 52.7 Å². The molecule has 4 fully saturated rings. The Morgan fingerprint density at radius 1 is 0.348 bits per heavy atom. The summed E-state index contributed by atoms with van der Waals surface area (Å²) in [5.41, 5.74) is 28.9. The lowest BCUT2D eigenvalue weighted by Gasteiger charge is -2.30. The molecule has 0 unspecified atom stereocenters. The van der Waals surface area contributed by atoms with Crippen LogP contribution >= 0.6 is 64.8 Å². The van der Waals surface area contributed by atoms with Crippen molar-refractivity contribution in [3.63, 3.8) is 0 Å². The van der Waals surface area contributed by atoms with E-state index < -0.39 is 298 Å². The number of hydrogen-bond acceptors (Lipinski definition) is 30. The Labute approximate surface area is 823 Å². The first-order valence-corrected chi connectivity index (χ1v) is 52.8. The number of guanidine groups is 4. The number of amides is 18. The van der Waals surface area contributed by atoms with E-state index in [9.17, 15) is 38.7 Å². The molecule has 4 aliphatic heterocycles. The average molecular weight is 2050 g/mol. The van der Waals surface area contributed by atoms with Gasteiger partial charge in [0.2, 0.25) is 106 Å². The van der Waals surface area contributed by atoms with Gasteiger partial charge in [-0.25, -0.2) is 0 Å². The summed E-state index contributed by atoms with van der Waals surface area (Å²) in [6.45, 7) is 9.18. The highest BCUT2D eigenvalue weighted by atomic mass is 33.1. The molecule has 56 heteroatoms. The van der Waals surface area contributed by atoms with Gasteiger partial charge in [0, 0.05) is 67.1 Å². The normalized spacial score (nSPS) is 26.3. The SMILES string of the molecule is CC[C@H](C)[C@@H]1NC(=O)[C@@H]2CSSC[C@H](NC(=O)[C@H](CCCCN)NC(=O)[C@@H]3CSSC[C@H](NC1=O)C(=O)N[C@@H]([C@@H](C)O)C(=O)N[C@@H](CCCNC(=N)N)C(=O)NCC(=O)N[C@@H](Cc1ccccc1)C(=O)N3)C(=O)N[C@@H](CC(C)C)C(=O)N[C@H]1CSSC[C@H](NC(=O)[C@H](C(C)C)NC(=O)CNC(=O)[C@H](CCCNC(=N)N)NC(=O)[C@H](CCCNC(=N)N)NC1=O)C(=O)N[C@@H](CCCNC(=N)N)C(=O)N2. The maximum absolute atomic E-state index is 15.7. The van der Waals surface area contributed by atoms with Crippen LogP contribution in [0.1, 0.15) is 138 Å². The van der Waals surface area contributed by atoms with Gasteiger partial charge in [-0.3, -0.25) is 108 Å². The van der Waals surface area contributed by atoms with Gasteiger partial charge in [-0.15, -0.1) is 0 Å². The zero-order chi connectivity index (χ0) is 102. The van der Waals surface area contributed by atoms with Crippen molar-refractivity contribution in [1.82, 2.24) is 117 Å². The van der Waals surface area contributed by atoms with Crippen LogP contribution in [0, 0.1) is 39.4 Å². The minimum Gasteiger partial charge on any atom is -0.391 e. The monoisotopic (exact) mass is 2050 g/mol. The molecule has 4 heterocycles. The van der Waals surface area contributed by atoms with Crippen LogP contribution < -0.4 is 146 Å². The molecule has 0 aliphatic carbocycles. The van der Waals surface area contributed by atoms with E-state index in [1.165, 1.54) is 0 Å². The summed E-state index contributed by atoms with van der Waals surface area (Å²) in [6, 6.07) is -18.3. The summed E-state index contributed by atoms with van der Waals surface area (Å²) in [7, 11) is 4.96. The van der Waals surface area contributed by atoms with Gasteiger partial charge < -0.3 is 151 Å². The molecule has 50 nitrogen and oxygen atoms in total. The second-order valence-electron chi connectivity index (χ2n) is 33.9. The first kappa shape index (κ1) is 117. The molecule has 0 spiro atoms. The molecule has 0 radical (unpaired) electrons. The number of carbonyl (C=O) groups excluding carboxylic acids is 18. The molecule has 18 atom stereocenters. The van der Waals surface area contributed by atoms with E-state index in [-0.39, 0.29) is 123 Å². The first-order valence-electron chi connectivity index (χ1n) is 45.4. The average Bonchev–Trinajstić information content (AvgIpc) is 1.09. The van der Waals surface area contributed by atoms with Crippen LogP contribution in [0.4, 0.5) is 0 Å². The summed E-state index contributed by atoms with van der Waals surface area (Å²) in [4.78, 5) is 271. The third-order valence-electron chi connectivity index (χ3n) is 21.8. The van der Waals surface area contributed by atoms with Gasteiger partial charge in [-0.2, -0.15) is 0 Å². The Morgan fingerprint density at radius 3 is 0.986 bits per heavy atom. The van der Waals surface area contributed by atoms with E-state index in [2.05, 4.69) is 117 Å². The highest BCUT2D eigenvalue weighted by Crippen LogP contribution is 2.28. The summed E-state index contributed by atoms with van der Waals surface area (Å²) in [6.07, 6.45) is -2.81. The molecule has 0 aromatic heterocycles. The number of fused-ring (bicyclic) bond motifs is 15. The lowest BCUT2D eigenvalue weighted by molar-refractivity contribution is -0.137. The molecule has 138 heavy (non-hydrogen) atoms. The molecule has 4 aliphatic rings. The fourth-order valence-electron chi connectivity index (χ4n) is 13.9. The number of carbonyl (C=O) groups is 18. The summed E-state index contributed by atoms with van der Waals surface area (Å²) < 4.78 is 0. The van der Waals surface area contributed by atoms with Crippen LogP contribution in [0.5, 0.6) is 0 Å². The zero-order valence-corrected chi connectivity index (χ0v) is 83.1. The van der Waals surface area contributed by atoms with Gasteiger partial charge in [-0.1, -0.05) is 143 Å². The lowest BCUT2D eigenvalue weighted by Crippen LogP contribution is -2.63. The van der Waals surface area contributed by atoms with Crippen molar-refractivity contribution < 1.29 is 91.4 Å². The summed E-state index contributed by atoms with van der Waals surface area (Å²) in [5.74, 6) is -25.3. The number of aliphatic hydroxyl groups excluding tert-OH is 1. The largest absolute Gasteiger partial charge is 0.391 e. The van der Waals surface area contributed by atoms with Gasteiger partial charge >= 0.3 is 0 Å². The quantitative estimate of drug-likeness (QED) is 0.0160. The molecular formula is C82H137N31O19S6. The third kappa shape index (κ3) is 43.0. The Kier molecular flexibility index (Phi) is 52.7. The molecule has 6 bridgehead atoms. The van der Waals surface area contributed by atoms with Crippen LogP contribution in [-0.4, -0.2) is 318 Å². The van der Waals surface area contributed by atoms with Crippen molar-refractivity contribution >= 4 is 195 Å². The second-order valence-corrected chi connectivity index (χ2v) is 41.6. The van der Waals surface area contributed by atoms with Gasteiger partial charge in [-0.05, 0) is 114 Å². The number of benzene rings is 1. The molecule has 770 valence electrons. The van der Waals surface area contributed by atoms with Gasteiger partial charge in [0.25, 0.3) is 0 Å². The molecule has 5 rings (SSSR count). The smallest absolute Gasteiger partial charge is 0.245 e. The molecule has 4 saturated heterocycles. The van der Waals surface area contributed by atoms with Crippen molar-refractivity contribution in [2.24, 2.45) is 46.4 Å². The lowest BCUT2D eigenvalue weighted by atomic mass is 9.97. The van der Waals surface area contributed by atoms with Gasteiger partial charge in [0.05, 0.1) is 19.2 Å². The Hall–Kier alpha value is -11.2. The van der Waals surface area contributed by atoms with Crippen LogP contribution in [0.3, 0.4) is 0 Å². The number of aliphatic hydroxyl groups is 1. The molecule has 18 amide bonds. The second kappa shape index (κ2) is 62.0. The number of unbranched alkanes of at least 4 members (excludes halogenated alkanes) is 1. The van der Waals surface area contributed by atoms with Gasteiger partial charge in [0.15, 0.2) is 23.8 Å². The van der Waals surface area contributed by atoms with Crippen LogP contribution in [0.25, 0.3) is 0 Å². The predicted molar refractivity (Wildman–Crippen MR) is 527 cm³/mol. The summed E-state index contributed by atoms with van der Waals surface area (Å²) >= 11 is 0. The minimum atomic E-state index is -1.92. The number of nitrogens with one attached hydrogen (secondary N) is 26. The fourth-order valence-corrected chi connectivity index (χ4v) is 20.9. The predicted octanol–water partition coefficient (Wildman–Crippen LogP) is -8.27. The highest BCUT2D eigenvalue weighted by Gasteiger charge is 2.42. The molecule has 0 saturated carbocycles.